The lowest BCUT2D eigenvalue weighted by molar-refractivity contribution is 0.759. The Bertz CT molecular complexity index is 1040. The minimum absolute atomic E-state index is 0.0732. The average Bonchev–Trinajstić information content (AvgIpc) is 3.19. The van der Waals surface area contributed by atoms with Crippen molar-refractivity contribution in [2.24, 2.45) is 0 Å². The summed E-state index contributed by atoms with van der Waals surface area (Å²) in [6.45, 7) is 0. The van der Waals surface area contributed by atoms with Crippen LogP contribution in [0.3, 0.4) is 0 Å². The molecule has 1 aromatic heterocycles. The Labute approximate surface area is 95.1 Å². The number of hydrogen-bond acceptors (Lipinski definition) is 2. The molecule has 0 N–H and O–H groups in total. The summed E-state index contributed by atoms with van der Waals surface area (Å²) in [4.78, 5) is 11.8. The minimum atomic E-state index is 0.0732. The highest BCUT2D eigenvalue weighted by Gasteiger charge is 2.19. The predicted molar refractivity (Wildman–Crippen MR) is 68.6 cm³/mol. The van der Waals surface area contributed by atoms with Crippen LogP contribution in [0.4, 0.5) is 0 Å². The third-order valence-electron chi connectivity index (χ3n) is 3.64. The lowest BCUT2D eigenvalue weighted by Crippen LogP contribution is -1.88. The number of benzene rings is 1. The van der Waals surface area contributed by atoms with Gasteiger partial charge in [0.05, 0.1) is 0 Å². The second-order valence-electron chi connectivity index (χ2n) is 4.60. The van der Waals surface area contributed by atoms with Crippen LogP contribution in [0.2, 0.25) is 0 Å². The molecule has 2 nitrogen and oxygen atoms in total. The van der Waals surface area contributed by atoms with Gasteiger partial charge in [0, 0.05) is 10.8 Å². The molecule has 0 aliphatic rings. The van der Waals surface area contributed by atoms with Crippen molar-refractivity contribution in [3.05, 3.63) is 46.6 Å². The molecule has 4 aromatic carbocycles. The van der Waals surface area contributed by atoms with E-state index in [4.69, 9.17) is 4.42 Å². The second-order valence-corrected chi connectivity index (χ2v) is 4.60. The van der Waals surface area contributed by atoms with Gasteiger partial charge < -0.3 is 4.42 Å². The largest absolute Gasteiger partial charge is 0.449 e. The van der Waals surface area contributed by atoms with Crippen LogP contribution in [0.15, 0.2) is 45.6 Å². The highest BCUT2D eigenvalue weighted by atomic mass is 16.4. The van der Waals surface area contributed by atoms with E-state index < -0.39 is 0 Å². The smallest absolute Gasteiger partial charge is 0.186 e. The number of hydrogen-bond donors (Lipinski definition) is 0. The van der Waals surface area contributed by atoms with Crippen molar-refractivity contribution in [3.63, 3.8) is 0 Å². The van der Waals surface area contributed by atoms with Gasteiger partial charge >= 0.3 is 0 Å². The molecule has 5 rings (SSSR count). The van der Waals surface area contributed by atoms with Crippen molar-refractivity contribution in [1.29, 1.82) is 0 Å². The molecule has 0 aliphatic heterocycles. The topological polar surface area (TPSA) is 30.2 Å². The third kappa shape index (κ3) is 0.816. The molecule has 0 bridgehead atoms. The van der Waals surface area contributed by atoms with Crippen LogP contribution in [-0.2, 0) is 0 Å². The molecule has 0 amide bonds. The van der Waals surface area contributed by atoms with Gasteiger partial charge in [-0.05, 0) is 45.8 Å². The summed E-state index contributed by atoms with van der Waals surface area (Å²) in [6, 6.07) is 11.7. The van der Waals surface area contributed by atoms with Crippen molar-refractivity contribution in [3.8, 4) is 0 Å². The van der Waals surface area contributed by atoms with Gasteiger partial charge in [0.15, 0.2) is 16.6 Å². The van der Waals surface area contributed by atoms with Gasteiger partial charge in [-0.25, -0.2) is 0 Å². The van der Waals surface area contributed by atoms with Crippen LogP contribution in [0.25, 0.3) is 43.5 Å². The Kier molecular flexibility index (Phi) is 1.01. The second kappa shape index (κ2) is 2.18. The molecule has 0 unspecified atom stereocenters. The summed E-state index contributed by atoms with van der Waals surface area (Å²) in [5.41, 5.74) is 1.87. The SMILES string of the molecule is O=c1ccc2c1cc1oc1c1c3cc3ccc21. The maximum atomic E-state index is 11.8. The van der Waals surface area contributed by atoms with Gasteiger partial charge in [0.2, 0.25) is 0 Å². The Morgan fingerprint density at radius 1 is 0.824 bits per heavy atom. The summed E-state index contributed by atoms with van der Waals surface area (Å²) < 4.78 is 5.50. The number of rotatable bonds is 0. The summed E-state index contributed by atoms with van der Waals surface area (Å²) >= 11 is 0. The van der Waals surface area contributed by atoms with Crippen LogP contribution in [0, 0.1) is 0 Å². The van der Waals surface area contributed by atoms with E-state index in [1.807, 2.05) is 12.1 Å². The molecule has 5 aromatic rings. The molecule has 0 aliphatic carbocycles. The molecule has 0 saturated heterocycles. The normalized spacial score (nSPS) is 12.9. The average molecular weight is 218 g/mol. The van der Waals surface area contributed by atoms with Gasteiger partial charge in [0.1, 0.15) is 0 Å². The summed E-state index contributed by atoms with van der Waals surface area (Å²) in [7, 11) is 0. The van der Waals surface area contributed by atoms with Crippen LogP contribution in [-0.4, -0.2) is 0 Å². The van der Waals surface area contributed by atoms with Crippen LogP contribution in [0.1, 0.15) is 0 Å². The first kappa shape index (κ1) is 7.85. The zero-order chi connectivity index (χ0) is 11.1. The van der Waals surface area contributed by atoms with E-state index >= 15 is 0 Å². The van der Waals surface area contributed by atoms with E-state index in [0.717, 1.165) is 32.7 Å². The molecule has 17 heavy (non-hydrogen) atoms. The molecule has 0 atom stereocenters. The first-order valence-electron chi connectivity index (χ1n) is 5.59. The Morgan fingerprint density at radius 2 is 1.71 bits per heavy atom. The van der Waals surface area contributed by atoms with Crippen molar-refractivity contribution in [2.75, 3.05) is 0 Å². The summed E-state index contributed by atoms with van der Waals surface area (Å²) in [6.07, 6.45) is 0. The van der Waals surface area contributed by atoms with E-state index in [1.54, 1.807) is 6.07 Å². The minimum Gasteiger partial charge on any atom is -0.449 e. The molecule has 78 valence electrons. The van der Waals surface area contributed by atoms with Crippen LogP contribution >= 0.6 is 0 Å². The molecule has 0 fully saturated rings. The van der Waals surface area contributed by atoms with E-state index in [1.165, 1.54) is 10.8 Å². The Morgan fingerprint density at radius 3 is 2.65 bits per heavy atom. The monoisotopic (exact) mass is 218 g/mol. The highest BCUT2D eigenvalue weighted by molar-refractivity contribution is 6.29. The van der Waals surface area contributed by atoms with Crippen molar-refractivity contribution >= 4 is 43.5 Å². The number of fused-ring (bicyclic) bond motifs is 7. The molecule has 1 heterocycles. The van der Waals surface area contributed by atoms with Gasteiger partial charge in [-0.3, -0.25) is 4.79 Å². The summed E-state index contributed by atoms with van der Waals surface area (Å²) in [5.74, 6) is 0. The van der Waals surface area contributed by atoms with Crippen LogP contribution < -0.4 is 5.43 Å². The standard InChI is InChI=1S/C15H6O2/c16-12-4-3-8-9-2-1-7-5-10(7)14(9)15-13(17-15)6-11(8)12/h1-6H. The maximum absolute atomic E-state index is 11.8. The zero-order valence-corrected chi connectivity index (χ0v) is 8.78. The predicted octanol–water partition coefficient (Wildman–Crippen LogP) is 3.57. The molecule has 0 radical (unpaired) electrons. The van der Waals surface area contributed by atoms with Gasteiger partial charge in [-0.2, -0.15) is 0 Å². The Hall–Kier alpha value is -2.35. The molecular formula is C15H6O2. The van der Waals surface area contributed by atoms with Crippen molar-refractivity contribution in [1.82, 2.24) is 0 Å². The van der Waals surface area contributed by atoms with Gasteiger partial charge in [-0.1, -0.05) is 12.1 Å². The fraction of sp³-hybridized carbons (Fsp3) is 0. The molecule has 0 spiro atoms. The van der Waals surface area contributed by atoms with E-state index in [-0.39, 0.29) is 5.43 Å². The lowest BCUT2D eigenvalue weighted by Gasteiger charge is -1.90. The van der Waals surface area contributed by atoms with E-state index in [2.05, 4.69) is 18.2 Å². The maximum Gasteiger partial charge on any atom is 0.186 e. The molecular weight excluding hydrogens is 212 g/mol. The molecule has 0 saturated carbocycles. The fourth-order valence-electron chi connectivity index (χ4n) is 2.68. The zero-order valence-electron chi connectivity index (χ0n) is 8.78. The first-order chi connectivity index (χ1) is 8.33. The van der Waals surface area contributed by atoms with Gasteiger partial charge in [0.25, 0.3) is 0 Å². The van der Waals surface area contributed by atoms with Crippen molar-refractivity contribution < 1.29 is 4.42 Å². The highest BCUT2D eigenvalue weighted by Crippen LogP contribution is 2.42. The summed E-state index contributed by atoms with van der Waals surface area (Å²) in [5, 5.41) is 6.62. The van der Waals surface area contributed by atoms with Crippen LogP contribution in [0.5, 0.6) is 0 Å². The first-order valence-corrected chi connectivity index (χ1v) is 5.59. The van der Waals surface area contributed by atoms with E-state index in [0.29, 0.717) is 0 Å². The lowest BCUT2D eigenvalue weighted by atomic mass is 10.1. The third-order valence-corrected chi connectivity index (χ3v) is 3.64. The fourth-order valence-corrected chi connectivity index (χ4v) is 2.68. The molecule has 2 heteroatoms. The van der Waals surface area contributed by atoms with Gasteiger partial charge in [-0.15, -0.1) is 0 Å². The quantitative estimate of drug-likeness (QED) is 0.397. The van der Waals surface area contributed by atoms with Crippen molar-refractivity contribution in [2.45, 2.75) is 0 Å². The van der Waals surface area contributed by atoms with E-state index in [9.17, 15) is 4.79 Å². The Balaban J connectivity index is 2.29.